The molecule has 11 nitrogen and oxygen atoms in total. The van der Waals surface area contributed by atoms with Crippen molar-refractivity contribution in [3.05, 3.63) is 47.6 Å². The quantitative estimate of drug-likeness (QED) is 0.567. The van der Waals surface area contributed by atoms with Crippen LogP contribution in [0.3, 0.4) is 0 Å². The number of nitrogens with one attached hydrogen (secondary N) is 2. The summed E-state index contributed by atoms with van der Waals surface area (Å²) in [5.41, 5.74) is 3.75. The van der Waals surface area contributed by atoms with E-state index < -0.39 is 6.23 Å². The van der Waals surface area contributed by atoms with E-state index in [9.17, 15) is 4.79 Å². The van der Waals surface area contributed by atoms with Crippen molar-refractivity contribution in [1.82, 2.24) is 20.3 Å². The molecule has 182 valence electrons. The molecular formula is C24H27N7O4. The fourth-order valence-corrected chi connectivity index (χ4v) is 4.54. The molecule has 0 saturated carbocycles. The third kappa shape index (κ3) is 4.34. The Hall–Kier alpha value is -3.86. The van der Waals surface area contributed by atoms with Crippen molar-refractivity contribution >= 4 is 34.7 Å². The maximum atomic E-state index is 13.2. The summed E-state index contributed by atoms with van der Waals surface area (Å²) in [6.07, 6.45) is 4.89. The lowest BCUT2D eigenvalue weighted by molar-refractivity contribution is -0.113. The third-order valence-electron chi connectivity index (χ3n) is 6.36. The summed E-state index contributed by atoms with van der Waals surface area (Å²) >= 11 is 0. The van der Waals surface area contributed by atoms with E-state index >= 15 is 0 Å². The van der Waals surface area contributed by atoms with E-state index in [4.69, 9.17) is 18.9 Å². The van der Waals surface area contributed by atoms with Crippen LogP contribution in [0.4, 0.5) is 17.5 Å². The van der Waals surface area contributed by atoms with Crippen LogP contribution >= 0.6 is 0 Å². The van der Waals surface area contributed by atoms with E-state index in [1.54, 1.807) is 6.20 Å². The fraction of sp³-hybridized carbons (Fsp3) is 0.417. The zero-order valence-corrected chi connectivity index (χ0v) is 19.5. The monoisotopic (exact) mass is 477 g/mol. The normalized spacial score (nSPS) is 20.0. The first-order chi connectivity index (χ1) is 17.1. The number of morpholine rings is 1. The fourth-order valence-electron chi connectivity index (χ4n) is 4.54. The van der Waals surface area contributed by atoms with Crippen LogP contribution in [-0.2, 0) is 14.3 Å². The topological polar surface area (TPSA) is 118 Å². The van der Waals surface area contributed by atoms with Crippen LogP contribution in [0.15, 0.2) is 40.8 Å². The molecule has 3 aromatic heterocycles. The highest BCUT2D eigenvalue weighted by atomic mass is 16.5. The Labute approximate surface area is 202 Å². The molecule has 3 aliphatic heterocycles. The highest BCUT2D eigenvalue weighted by Crippen LogP contribution is 2.33. The maximum Gasteiger partial charge on any atom is 0.300 e. The van der Waals surface area contributed by atoms with E-state index in [0.29, 0.717) is 60.8 Å². The number of fused-ring (bicyclic) bond motifs is 1. The van der Waals surface area contributed by atoms with Crippen molar-refractivity contribution in [3.8, 4) is 0 Å². The number of oxazole rings is 1. The van der Waals surface area contributed by atoms with Crippen LogP contribution in [0.25, 0.3) is 11.2 Å². The van der Waals surface area contributed by atoms with Crippen LogP contribution in [0.2, 0.25) is 0 Å². The van der Waals surface area contributed by atoms with Crippen LogP contribution in [0.5, 0.6) is 0 Å². The number of aryl methyl sites for hydroxylation is 1. The Bertz CT molecular complexity index is 1280. The number of hydrogen-bond donors (Lipinski definition) is 2. The molecule has 0 aromatic carbocycles. The highest BCUT2D eigenvalue weighted by Gasteiger charge is 2.27. The summed E-state index contributed by atoms with van der Waals surface area (Å²) in [6, 6.07) is 6.12. The van der Waals surface area contributed by atoms with Crippen molar-refractivity contribution in [1.29, 1.82) is 0 Å². The van der Waals surface area contributed by atoms with Gasteiger partial charge < -0.3 is 34.3 Å². The lowest BCUT2D eigenvalue weighted by Gasteiger charge is -2.24. The second-order valence-corrected chi connectivity index (χ2v) is 8.85. The summed E-state index contributed by atoms with van der Waals surface area (Å²) in [6.45, 7) is 6.37. The summed E-state index contributed by atoms with van der Waals surface area (Å²) in [5, 5.41) is 6.14. The van der Waals surface area contributed by atoms with Crippen LogP contribution < -0.4 is 20.4 Å². The highest BCUT2D eigenvalue weighted by molar-refractivity contribution is 6.05. The van der Waals surface area contributed by atoms with Gasteiger partial charge >= 0.3 is 0 Å². The number of aromatic nitrogens is 3. The summed E-state index contributed by atoms with van der Waals surface area (Å²) < 4.78 is 17.2. The van der Waals surface area contributed by atoms with Gasteiger partial charge in [-0.1, -0.05) is 0 Å². The van der Waals surface area contributed by atoms with Gasteiger partial charge in [0.2, 0.25) is 5.65 Å². The molecule has 6 heterocycles. The van der Waals surface area contributed by atoms with Crippen molar-refractivity contribution in [2.45, 2.75) is 26.0 Å². The average molecular weight is 478 g/mol. The molecule has 0 spiro atoms. The smallest absolute Gasteiger partial charge is 0.300 e. The van der Waals surface area contributed by atoms with E-state index in [-0.39, 0.29) is 5.91 Å². The van der Waals surface area contributed by atoms with E-state index in [2.05, 4.69) is 25.5 Å². The molecule has 0 bridgehead atoms. The Morgan fingerprint density at radius 3 is 2.74 bits per heavy atom. The van der Waals surface area contributed by atoms with Crippen LogP contribution in [-0.4, -0.2) is 60.3 Å². The van der Waals surface area contributed by atoms with Gasteiger partial charge in [-0.05, 0) is 31.9 Å². The second kappa shape index (κ2) is 9.06. The Morgan fingerprint density at radius 2 is 1.94 bits per heavy atom. The number of amides is 1. The van der Waals surface area contributed by atoms with E-state index in [0.717, 1.165) is 37.2 Å². The van der Waals surface area contributed by atoms with Gasteiger partial charge in [0.15, 0.2) is 17.6 Å². The number of nitrogens with zero attached hydrogens (tertiary/aromatic N) is 5. The predicted molar refractivity (Wildman–Crippen MR) is 129 cm³/mol. The van der Waals surface area contributed by atoms with E-state index in [1.807, 2.05) is 30.0 Å². The minimum absolute atomic E-state index is 0.312. The predicted octanol–water partition coefficient (Wildman–Crippen LogP) is 2.46. The second-order valence-electron chi connectivity index (χ2n) is 8.85. The standard InChI is InChI=1S/C24H27N7O4/c1-15-12-16(4-5-25-15)23-27-18(14-34-23)22(32)26-17-13-19-20(28-21(17)30-6-2-3-7-30)29-24(35-19)31-8-10-33-11-9-31/h4-5,12-14,23,27H,2-3,6-11H2,1H3,(H,26,32). The third-order valence-corrected chi connectivity index (χ3v) is 6.36. The van der Waals surface area contributed by atoms with Crippen molar-refractivity contribution in [2.75, 3.05) is 54.5 Å². The molecule has 3 aromatic rings. The van der Waals surface area contributed by atoms with Gasteiger partial charge in [-0.2, -0.15) is 4.98 Å². The molecule has 2 saturated heterocycles. The Morgan fingerprint density at radius 1 is 1.11 bits per heavy atom. The van der Waals surface area contributed by atoms with Gasteiger partial charge in [-0.3, -0.25) is 9.78 Å². The van der Waals surface area contributed by atoms with Gasteiger partial charge in [0.25, 0.3) is 11.9 Å². The van der Waals surface area contributed by atoms with Gasteiger partial charge in [0.1, 0.15) is 12.0 Å². The van der Waals surface area contributed by atoms with Gasteiger partial charge in [0.05, 0.1) is 18.9 Å². The minimum Gasteiger partial charge on any atom is -0.472 e. The first-order valence-electron chi connectivity index (χ1n) is 11.9. The molecule has 2 fully saturated rings. The molecule has 1 amide bonds. The molecular weight excluding hydrogens is 450 g/mol. The summed E-state index contributed by atoms with van der Waals surface area (Å²) in [5.74, 6) is 0.388. The summed E-state index contributed by atoms with van der Waals surface area (Å²) in [7, 11) is 0. The number of ether oxygens (including phenoxy) is 2. The number of carbonyl (C=O) groups excluding carboxylic acids is 1. The molecule has 3 aliphatic rings. The number of hydrogen-bond acceptors (Lipinski definition) is 10. The van der Waals surface area contributed by atoms with Crippen LogP contribution in [0, 0.1) is 6.92 Å². The number of anilines is 3. The molecule has 11 heteroatoms. The first-order valence-corrected chi connectivity index (χ1v) is 11.9. The molecule has 0 aliphatic carbocycles. The lowest BCUT2D eigenvalue weighted by atomic mass is 10.2. The number of pyridine rings is 2. The van der Waals surface area contributed by atoms with Gasteiger partial charge in [-0.15, -0.1) is 0 Å². The van der Waals surface area contributed by atoms with E-state index in [1.165, 1.54) is 6.26 Å². The minimum atomic E-state index is -0.443. The molecule has 2 N–H and O–H groups in total. The average Bonchev–Trinajstić information content (AvgIpc) is 3.65. The Kier molecular flexibility index (Phi) is 5.61. The maximum absolute atomic E-state index is 13.2. The van der Waals surface area contributed by atoms with Gasteiger partial charge in [-0.25, -0.2) is 4.98 Å². The zero-order valence-electron chi connectivity index (χ0n) is 19.5. The molecule has 6 rings (SSSR count). The molecule has 35 heavy (non-hydrogen) atoms. The van der Waals surface area contributed by atoms with Crippen LogP contribution in [0.1, 0.15) is 30.3 Å². The van der Waals surface area contributed by atoms with Crippen molar-refractivity contribution in [3.63, 3.8) is 0 Å². The largest absolute Gasteiger partial charge is 0.472 e. The van der Waals surface area contributed by atoms with Crippen molar-refractivity contribution in [2.24, 2.45) is 0 Å². The molecule has 0 radical (unpaired) electrons. The SMILES string of the molecule is Cc1cc(C2NC(C(=O)Nc3cc4oc(N5CCOCC5)nc4nc3N3CCCC3)=CO2)ccn1. The molecule has 1 atom stereocenters. The first kappa shape index (κ1) is 21.7. The zero-order chi connectivity index (χ0) is 23.8. The molecule has 1 unspecified atom stereocenters. The lowest BCUT2D eigenvalue weighted by Crippen LogP contribution is -2.36. The summed E-state index contributed by atoms with van der Waals surface area (Å²) in [4.78, 5) is 31.0. The van der Waals surface area contributed by atoms with Gasteiger partial charge in [0, 0.05) is 49.7 Å². The van der Waals surface area contributed by atoms with Crippen molar-refractivity contribution < 1.29 is 18.7 Å². The number of carbonyl (C=O) groups is 1. The Balaban J connectivity index is 1.25. The number of rotatable bonds is 5.